The minimum atomic E-state index is 0.221. The highest BCUT2D eigenvalue weighted by Gasteiger charge is 2.19. The third-order valence-electron chi connectivity index (χ3n) is 3.42. The average molecular weight is 294 g/mol. The Labute approximate surface area is 129 Å². The van der Waals surface area contributed by atoms with Crippen LogP contribution < -0.4 is 10.5 Å². The molecule has 1 aromatic rings. The van der Waals surface area contributed by atoms with Crippen LogP contribution in [0.5, 0.6) is 5.75 Å². The molecule has 0 saturated carbocycles. The van der Waals surface area contributed by atoms with Crippen LogP contribution in [-0.4, -0.2) is 44.9 Å². The zero-order valence-electron chi connectivity index (χ0n) is 13.8. The molecule has 0 bridgehead atoms. The first-order valence-electron chi connectivity index (χ1n) is 7.78. The van der Waals surface area contributed by atoms with Gasteiger partial charge in [-0.05, 0) is 30.5 Å². The highest BCUT2D eigenvalue weighted by molar-refractivity contribution is 5.29. The lowest BCUT2D eigenvalue weighted by molar-refractivity contribution is 0.112. The molecule has 2 N–H and O–H groups in total. The zero-order valence-corrected chi connectivity index (χ0v) is 13.8. The summed E-state index contributed by atoms with van der Waals surface area (Å²) in [6, 6.07) is 8.49. The van der Waals surface area contributed by atoms with E-state index in [1.54, 1.807) is 7.11 Å². The second kappa shape index (κ2) is 9.77. The summed E-state index contributed by atoms with van der Waals surface area (Å²) in [7, 11) is 1.74. The van der Waals surface area contributed by atoms with Gasteiger partial charge in [0.25, 0.3) is 0 Å². The number of methoxy groups -OCH3 is 1. The van der Waals surface area contributed by atoms with Crippen LogP contribution >= 0.6 is 0 Å². The van der Waals surface area contributed by atoms with Crippen molar-refractivity contribution in [1.29, 1.82) is 0 Å². The number of ether oxygens (including phenoxy) is 2. The summed E-state index contributed by atoms with van der Waals surface area (Å²) in [6.07, 6.45) is 0. The van der Waals surface area contributed by atoms with Crippen molar-refractivity contribution in [3.8, 4) is 5.75 Å². The zero-order chi connectivity index (χ0) is 15.7. The van der Waals surface area contributed by atoms with Gasteiger partial charge in [0.2, 0.25) is 0 Å². The first-order valence-corrected chi connectivity index (χ1v) is 7.78. The normalized spacial score (nSPS) is 12.9. The van der Waals surface area contributed by atoms with E-state index < -0.39 is 0 Å². The first-order chi connectivity index (χ1) is 10.1. The predicted octanol–water partition coefficient (Wildman–Crippen LogP) is 2.69. The second-order valence-corrected chi connectivity index (χ2v) is 5.64. The molecule has 0 aliphatic carbocycles. The number of nitrogens with two attached hydrogens (primary N) is 1. The van der Waals surface area contributed by atoms with E-state index >= 15 is 0 Å². The van der Waals surface area contributed by atoms with Crippen LogP contribution in [0.15, 0.2) is 24.3 Å². The maximum atomic E-state index is 6.04. The van der Waals surface area contributed by atoms with Crippen LogP contribution in [0, 0.1) is 5.92 Å². The van der Waals surface area contributed by atoms with E-state index in [0.29, 0.717) is 19.1 Å². The average Bonchev–Trinajstić information content (AvgIpc) is 2.47. The van der Waals surface area contributed by atoms with E-state index in [9.17, 15) is 0 Å². The molecule has 0 heterocycles. The van der Waals surface area contributed by atoms with E-state index in [4.69, 9.17) is 15.2 Å². The summed E-state index contributed by atoms with van der Waals surface area (Å²) in [4.78, 5) is 2.41. The van der Waals surface area contributed by atoms with Gasteiger partial charge in [-0.2, -0.15) is 0 Å². The predicted molar refractivity (Wildman–Crippen MR) is 87.7 cm³/mol. The summed E-state index contributed by atoms with van der Waals surface area (Å²) in [5.41, 5.74) is 7.27. The molecule has 0 aliphatic rings. The monoisotopic (exact) mass is 294 g/mol. The summed E-state index contributed by atoms with van der Waals surface area (Å²) < 4.78 is 10.7. The minimum Gasteiger partial charge on any atom is -0.494 e. The van der Waals surface area contributed by atoms with Gasteiger partial charge in [0.15, 0.2) is 0 Å². The molecule has 0 spiro atoms. The third kappa shape index (κ3) is 6.04. The molecule has 0 amide bonds. The second-order valence-electron chi connectivity index (χ2n) is 5.64. The van der Waals surface area contributed by atoms with Crippen molar-refractivity contribution in [2.24, 2.45) is 11.7 Å². The molecule has 0 aliphatic heterocycles. The Morgan fingerprint density at radius 1 is 1.19 bits per heavy atom. The fraction of sp³-hybridized carbons (Fsp3) is 0.647. The Kier molecular flexibility index (Phi) is 8.35. The van der Waals surface area contributed by atoms with Crippen LogP contribution in [0.25, 0.3) is 0 Å². The maximum absolute atomic E-state index is 6.04. The maximum Gasteiger partial charge on any atom is 0.119 e. The fourth-order valence-electron chi connectivity index (χ4n) is 2.50. The molecule has 120 valence electrons. The van der Waals surface area contributed by atoms with E-state index in [0.717, 1.165) is 25.4 Å². The minimum absolute atomic E-state index is 0.221. The summed E-state index contributed by atoms with van der Waals surface area (Å²) in [6.45, 7) is 10.4. The van der Waals surface area contributed by atoms with Crippen molar-refractivity contribution in [1.82, 2.24) is 4.90 Å². The Morgan fingerprint density at radius 2 is 1.86 bits per heavy atom. The van der Waals surface area contributed by atoms with Crippen molar-refractivity contribution in [2.45, 2.75) is 26.8 Å². The Bertz CT molecular complexity index is 379. The van der Waals surface area contributed by atoms with Gasteiger partial charge >= 0.3 is 0 Å². The fourth-order valence-corrected chi connectivity index (χ4v) is 2.50. The van der Waals surface area contributed by atoms with Gasteiger partial charge in [-0.1, -0.05) is 26.0 Å². The third-order valence-corrected chi connectivity index (χ3v) is 3.42. The standard InChI is InChI=1S/C17H30N2O2/c1-5-21-16-8-6-15(7-9-16)17(12-18)19(10-11-20-4)13-14(2)3/h6-9,14,17H,5,10-13,18H2,1-4H3. The lowest BCUT2D eigenvalue weighted by Crippen LogP contribution is -2.38. The van der Waals surface area contributed by atoms with Gasteiger partial charge in [-0.25, -0.2) is 0 Å². The van der Waals surface area contributed by atoms with Crippen molar-refractivity contribution >= 4 is 0 Å². The first kappa shape index (κ1) is 18.0. The van der Waals surface area contributed by atoms with Crippen LogP contribution in [0.3, 0.4) is 0 Å². The highest BCUT2D eigenvalue weighted by Crippen LogP contribution is 2.23. The van der Waals surface area contributed by atoms with Gasteiger partial charge in [0.05, 0.1) is 13.2 Å². The van der Waals surface area contributed by atoms with Gasteiger partial charge in [-0.15, -0.1) is 0 Å². The number of benzene rings is 1. The number of rotatable bonds is 10. The van der Waals surface area contributed by atoms with Crippen LogP contribution in [0.4, 0.5) is 0 Å². The topological polar surface area (TPSA) is 47.7 Å². The Morgan fingerprint density at radius 3 is 2.33 bits per heavy atom. The van der Waals surface area contributed by atoms with E-state index in [2.05, 4.69) is 30.9 Å². The summed E-state index contributed by atoms with van der Waals surface area (Å²) in [5.74, 6) is 1.50. The number of nitrogens with zero attached hydrogens (tertiary/aromatic N) is 1. The molecule has 1 rings (SSSR count). The van der Waals surface area contributed by atoms with Crippen LogP contribution in [0.1, 0.15) is 32.4 Å². The molecular formula is C17H30N2O2. The van der Waals surface area contributed by atoms with Gasteiger partial charge in [-0.3, -0.25) is 4.90 Å². The van der Waals surface area contributed by atoms with E-state index in [1.807, 2.05) is 19.1 Å². The molecule has 21 heavy (non-hydrogen) atoms. The molecule has 1 aromatic carbocycles. The van der Waals surface area contributed by atoms with E-state index in [1.165, 1.54) is 5.56 Å². The van der Waals surface area contributed by atoms with Crippen molar-refractivity contribution < 1.29 is 9.47 Å². The number of hydrogen-bond acceptors (Lipinski definition) is 4. The smallest absolute Gasteiger partial charge is 0.119 e. The Balaban J connectivity index is 2.84. The van der Waals surface area contributed by atoms with Crippen molar-refractivity contribution in [3.05, 3.63) is 29.8 Å². The van der Waals surface area contributed by atoms with Crippen LogP contribution in [-0.2, 0) is 4.74 Å². The molecular weight excluding hydrogens is 264 g/mol. The Hall–Kier alpha value is -1.10. The number of hydrogen-bond donors (Lipinski definition) is 1. The molecule has 4 nitrogen and oxygen atoms in total. The quantitative estimate of drug-likeness (QED) is 0.721. The lowest BCUT2D eigenvalue weighted by Gasteiger charge is -2.32. The van der Waals surface area contributed by atoms with E-state index in [-0.39, 0.29) is 6.04 Å². The molecule has 0 aromatic heterocycles. The molecule has 0 radical (unpaired) electrons. The molecule has 1 unspecified atom stereocenters. The SMILES string of the molecule is CCOc1ccc(C(CN)N(CCOC)CC(C)C)cc1. The van der Waals surface area contributed by atoms with Crippen molar-refractivity contribution in [3.63, 3.8) is 0 Å². The molecule has 0 saturated heterocycles. The lowest BCUT2D eigenvalue weighted by atomic mass is 10.0. The summed E-state index contributed by atoms with van der Waals surface area (Å²) >= 11 is 0. The van der Waals surface area contributed by atoms with Crippen LogP contribution in [0.2, 0.25) is 0 Å². The van der Waals surface area contributed by atoms with Gasteiger partial charge < -0.3 is 15.2 Å². The molecule has 0 fully saturated rings. The highest BCUT2D eigenvalue weighted by atomic mass is 16.5. The molecule has 1 atom stereocenters. The summed E-state index contributed by atoms with van der Waals surface area (Å²) in [5, 5.41) is 0. The largest absolute Gasteiger partial charge is 0.494 e. The van der Waals surface area contributed by atoms with Gasteiger partial charge in [0, 0.05) is 32.8 Å². The molecule has 4 heteroatoms. The van der Waals surface area contributed by atoms with Gasteiger partial charge in [0.1, 0.15) is 5.75 Å². The van der Waals surface area contributed by atoms with Crippen molar-refractivity contribution in [2.75, 3.05) is 40.0 Å².